The van der Waals surface area contributed by atoms with Crippen LogP contribution >= 0.6 is 0 Å². The maximum atomic E-state index is 12.6. The molecular weight excluding hydrogens is 248 g/mol. The fourth-order valence-corrected chi connectivity index (χ4v) is 1.92. The number of carbonyl (C=O) groups is 1. The summed E-state index contributed by atoms with van der Waals surface area (Å²) in [4.78, 5) is 14.2. The third kappa shape index (κ3) is 2.93. The second kappa shape index (κ2) is 6.35. The molecule has 0 N–H and O–H groups in total. The Morgan fingerprint density at radius 2 is 1.95 bits per heavy atom. The Hall–Kier alpha value is -2.86. The summed E-state index contributed by atoms with van der Waals surface area (Å²) in [7, 11) is 0. The molecule has 0 aliphatic heterocycles. The summed E-state index contributed by atoms with van der Waals surface area (Å²) in [6.07, 6.45) is 1.68. The molecule has 98 valence electrons. The Morgan fingerprint density at radius 1 is 1.20 bits per heavy atom. The molecule has 0 bridgehead atoms. The van der Waals surface area contributed by atoms with E-state index < -0.39 is 0 Å². The van der Waals surface area contributed by atoms with Gasteiger partial charge >= 0.3 is 0 Å². The van der Waals surface area contributed by atoms with Crippen molar-refractivity contribution >= 4 is 11.6 Å². The fraction of sp³-hybridized carbons (Fsp3) is 0.0588. The zero-order chi connectivity index (χ0) is 14.4. The highest BCUT2D eigenvalue weighted by Crippen LogP contribution is 2.17. The number of nitriles is 1. The van der Waals surface area contributed by atoms with Gasteiger partial charge in [-0.15, -0.1) is 6.58 Å². The number of carbonyl (C=O) groups excluding carboxylic acids is 1. The van der Waals surface area contributed by atoms with E-state index in [0.717, 1.165) is 5.69 Å². The Labute approximate surface area is 118 Å². The molecule has 0 fully saturated rings. The van der Waals surface area contributed by atoms with Crippen molar-refractivity contribution in [3.63, 3.8) is 0 Å². The lowest BCUT2D eigenvalue weighted by Gasteiger charge is -2.21. The van der Waals surface area contributed by atoms with Crippen molar-refractivity contribution in [1.82, 2.24) is 0 Å². The number of para-hydroxylation sites is 1. The monoisotopic (exact) mass is 262 g/mol. The summed E-state index contributed by atoms with van der Waals surface area (Å²) in [5.41, 5.74) is 1.77. The van der Waals surface area contributed by atoms with Crippen LogP contribution < -0.4 is 4.90 Å². The van der Waals surface area contributed by atoms with Gasteiger partial charge in [0.25, 0.3) is 5.91 Å². The maximum absolute atomic E-state index is 12.6. The third-order valence-corrected chi connectivity index (χ3v) is 2.86. The van der Waals surface area contributed by atoms with Crippen molar-refractivity contribution in [3.05, 3.63) is 78.4 Å². The molecule has 0 atom stereocenters. The lowest BCUT2D eigenvalue weighted by atomic mass is 10.1. The summed E-state index contributed by atoms with van der Waals surface area (Å²) < 4.78 is 0. The van der Waals surface area contributed by atoms with Gasteiger partial charge in [0, 0.05) is 17.8 Å². The van der Waals surface area contributed by atoms with E-state index in [2.05, 4.69) is 6.58 Å². The Balaban J connectivity index is 2.37. The molecule has 0 unspecified atom stereocenters. The van der Waals surface area contributed by atoms with Gasteiger partial charge in [0.2, 0.25) is 0 Å². The fourth-order valence-electron chi connectivity index (χ4n) is 1.92. The molecule has 3 nitrogen and oxygen atoms in total. The first-order chi connectivity index (χ1) is 9.76. The lowest BCUT2D eigenvalue weighted by Crippen LogP contribution is -2.31. The Morgan fingerprint density at radius 3 is 2.60 bits per heavy atom. The van der Waals surface area contributed by atoms with Crippen molar-refractivity contribution < 1.29 is 4.79 Å². The minimum absolute atomic E-state index is 0.145. The number of rotatable bonds is 4. The summed E-state index contributed by atoms with van der Waals surface area (Å²) >= 11 is 0. The number of nitrogens with zero attached hydrogens (tertiary/aromatic N) is 2. The Kier molecular flexibility index (Phi) is 4.31. The van der Waals surface area contributed by atoms with Crippen LogP contribution in [-0.4, -0.2) is 12.5 Å². The van der Waals surface area contributed by atoms with Crippen LogP contribution in [0.4, 0.5) is 5.69 Å². The third-order valence-electron chi connectivity index (χ3n) is 2.86. The van der Waals surface area contributed by atoms with Crippen LogP contribution in [0.2, 0.25) is 0 Å². The van der Waals surface area contributed by atoms with Crippen LogP contribution in [0.3, 0.4) is 0 Å². The van der Waals surface area contributed by atoms with E-state index >= 15 is 0 Å². The summed E-state index contributed by atoms with van der Waals surface area (Å²) in [5, 5.41) is 8.91. The Bertz CT molecular complexity index is 656. The molecule has 2 rings (SSSR count). The second-order valence-electron chi connectivity index (χ2n) is 4.23. The topological polar surface area (TPSA) is 44.1 Å². The molecule has 0 aliphatic carbocycles. The predicted molar refractivity (Wildman–Crippen MR) is 79.5 cm³/mol. The summed E-state index contributed by atoms with van der Waals surface area (Å²) in [5.74, 6) is -0.145. The highest BCUT2D eigenvalue weighted by molar-refractivity contribution is 6.06. The highest BCUT2D eigenvalue weighted by atomic mass is 16.2. The van der Waals surface area contributed by atoms with Gasteiger partial charge in [-0.25, -0.2) is 0 Å². The van der Waals surface area contributed by atoms with Crippen LogP contribution in [0, 0.1) is 11.3 Å². The van der Waals surface area contributed by atoms with Crippen molar-refractivity contribution in [2.24, 2.45) is 0 Å². The zero-order valence-corrected chi connectivity index (χ0v) is 11.0. The van der Waals surface area contributed by atoms with Crippen LogP contribution in [-0.2, 0) is 0 Å². The second-order valence-corrected chi connectivity index (χ2v) is 4.23. The van der Waals surface area contributed by atoms with Crippen molar-refractivity contribution in [1.29, 1.82) is 5.26 Å². The number of hydrogen-bond donors (Lipinski definition) is 0. The van der Waals surface area contributed by atoms with E-state index in [1.165, 1.54) is 0 Å². The average molecular weight is 262 g/mol. The van der Waals surface area contributed by atoms with Gasteiger partial charge in [-0.2, -0.15) is 5.26 Å². The van der Waals surface area contributed by atoms with Gasteiger partial charge in [-0.3, -0.25) is 4.79 Å². The molecule has 0 aromatic heterocycles. The average Bonchev–Trinajstić information content (AvgIpc) is 2.53. The molecule has 0 radical (unpaired) electrons. The molecule has 2 aromatic rings. The van der Waals surface area contributed by atoms with Crippen LogP contribution in [0.5, 0.6) is 0 Å². The predicted octanol–water partition coefficient (Wildman–Crippen LogP) is 3.39. The number of amides is 1. The number of benzene rings is 2. The van der Waals surface area contributed by atoms with Crippen LogP contribution in [0.15, 0.2) is 67.3 Å². The molecule has 0 spiro atoms. The first kappa shape index (κ1) is 13.6. The molecular formula is C17H14N2O. The molecule has 20 heavy (non-hydrogen) atoms. The summed E-state index contributed by atoms with van der Waals surface area (Å²) in [6.45, 7) is 4.11. The molecule has 0 saturated heterocycles. The van der Waals surface area contributed by atoms with Gasteiger partial charge in [-0.1, -0.05) is 30.3 Å². The number of hydrogen-bond acceptors (Lipinski definition) is 2. The van der Waals surface area contributed by atoms with Crippen molar-refractivity contribution in [3.8, 4) is 6.07 Å². The van der Waals surface area contributed by atoms with E-state index in [4.69, 9.17) is 5.26 Å². The molecule has 1 amide bonds. The largest absolute Gasteiger partial charge is 0.305 e. The van der Waals surface area contributed by atoms with Gasteiger partial charge in [0.1, 0.15) is 0 Å². The highest BCUT2D eigenvalue weighted by Gasteiger charge is 2.16. The first-order valence-electron chi connectivity index (χ1n) is 6.24. The van der Waals surface area contributed by atoms with Crippen molar-refractivity contribution in [2.75, 3.05) is 11.4 Å². The minimum Gasteiger partial charge on any atom is -0.305 e. The molecule has 0 saturated carbocycles. The maximum Gasteiger partial charge on any atom is 0.258 e. The normalized spacial score (nSPS) is 9.55. The van der Waals surface area contributed by atoms with Crippen LogP contribution in [0.1, 0.15) is 15.9 Å². The SMILES string of the molecule is C=CCN(C(=O)c1cccc(C#N)c1)c1ccccc1. The van der Waals surface area contributed by atoms with Crippen LogP contribution in [0.25, 0.3) is 0 Å². The summed E-state index contributed by atoms with van der Waals surface area (Å²) in [6, 6.07) is 18.1. The lowest BCUT2D eigenvalue weighted by molar-refractivity contribution is 0.0989. The standard InChI is InChI=1S/C17H14N2O/c1-2-11-19(16-9-4-3-5-10-16)17(20)15-8-6-7-14(12-15)13-18/h2-10,12H,1,11H2. The van der Waals surface area contributed by atoms with Gasteiger partial charge in [0.05, 0.1) is 11.6 Å². The molecule has 0 aliphatic rings. The van der Waals surface area contributed by atoms with E-state index in [1.54, 1.807) is 35.2 Å². The number of anilines is 1. The minimum atomic E-state index is -0.145. The first-order valence-corrected chi connectivity index (χ1v) is 6.24. The zero-order valence-electron chi connectivity index (χ0n) is 11.0. The van der Waals surface area contributed by atoms with Gasteiger partial charge in [0.15, 0.2) is 0 Å². The molecule has 0 heterocycles. The van der Waals surface area contributed by atoms with E-state index in [0.29, 0.717) is 17.7 Å². The smallest absolute Gasteiger partial charge is 0.258 e. The molecule has 2 aromatic carbocycles. The van der Waals surface area contributed by atoms with Crippen molar-refractivity contribution in [2.45, 2.75) is 0 Å². The quantitative estimate of drug-likeness (QED) is 0.793. The van der Waals surface area contributed by atoms with E-state index in [1.807, 2.05) is 36.4 Å². The van der Waals surface area contributed by atoms with E-state index in [9.17, 15) is 4.79 Å². The van der Waals surface area contributed by atoms with Gasteiger partial charge in [-0.05, 0) is 30.3 Å². The molecule has 3 heteroatoms. The van der Waals surface area contributed by atoms with Gasteiger partial charge < -0.3 is 4.90 Å². The van der Waals surface area contributed by atoms with E-state index in [-0.39, 0.29) is 5.91 Å².